The van der Waals surface area contributed by atoms with Crippen molar-refractivity contribution in [1.82, 2.24) is 20.4 Å². The van der Waals surface area contributed by atoms with Crippen molar-refractivity contribution in [3.63, 3.8) is 0 Å². The number of nitrogens with one attached hydrogen (secondary N) is 2. The molecule has 1 amide bonds. The third-order valence-electron chi connectivity index (χ3n) is 3.03. The van der Waals surface area contributed by atoms with Gasteiger partial charge in [0, 0.05) is 29.4 Å². The maximum Gasteiger partial charge on any atom is 0.242 e. The fourth-order valence-electron chi connectivity index (χ4n) is 2.04. The summed E-state index contributed by atoms with van der Waals surface area (Å²) >= 11 is 0. The smallest absolute Gasteiger partial charge is 0.242 e. The van der Waals surface area contributed by atoms with E-state index < -0.39 is 0 Å². The molecular weight excluding hydrogens is 252 g/mol. The topological polar surface area (TPSA) is 59.0 Å². The van der Waals surface area contributed by atoms with Gasteiger partial charge in [0.1, 0.15) is 6.54 Å². The van der Waals surface area contributed by atoms with Crippen LogP contribution >= 0.6 is 0 Å². The molecule has 1 aromatic rings. The second-order valence-corrected chi connectivity index (χ2v) is 6.64. The molecule has 1 aromatic heterocycles. The minimum absolute atomic E-state index is 0.00790. The van der Waals surface area contributed by atoms with Gasteiger partial charge in [0.25, 0.3) is 0 Å². The van der Waals surface area contributed by atoms with Gasteiger partial charge in [-0.2, -0.15) is 5.10 Å². The summed E-state index contributed by atoms with van der Waals surface area (Å²) in [6.07, 6.45) is 0. The molecule has 0 saturated heterocycles. The predicted molar refractivity (Wildman–Crippen MR) is 81.6 cm³/mol. The van der Waals surface area contributed by atoms with Crippen molar-refractivity contribution in [3.8, 4) is 0 Å². The summed E-state index contributed by atoms with van der Waals surface area (Å²) in [4.78, 5) is 12.0. The Kier molecular flexibility index (Phi) is 5.34. The number of carbonyl (C=O) groups excluding carboxylic acids is 1. The first-order valence-electron chi connectivity index (χ1n) is 7.17. The van der Waals surface area contributed by atoms with Gasteiger partial charge in [-0.15, -0.1) is 0 Å². The second-order valence-electron chi connectivity index (χ2n) is 6.64. The van der Waals surface area contributed by atoms with E-state index in [1.165, 1.54) is 5.56 Å². The van der Waals surface area contributed by atoms with Crippen LogP contribution in [0.5, 0.6) is 0 Å². The maximum absolute atomic E-state index is 12.0. The summed E-state index contributed by atoms with van der Waals surface area (Å²) in [7, 11) is 0. The minimum Gasteiger partial charge on any atom is -0.350 e. The number of rotatable bonds is 5. The number of amides is 1. The van der Waals surface area contributed by atoms with E-state index in [1.807, 2.05) is 34.6 Å². The molecular formula is C15H28N4O. The largest absolute Gasteiger partial charge is 0.350 e. The first-order chi connectivity index (χ1) is 9.10. The monoisotopic (exact) mass is 280 g/mol. The lowest BCUT2D eigenvalue weighted by Gasteiger charge is -2.20. The number of hydrogen-bond acceptors (Lipinski definition) is 3. The van der Waals surface area contributed by atoms with Crippen LogP contribution in [0.1, 0.15) is 51.6 Å². The van der Waals surface area contributed by atoms with Crippen molar-refractivity contribution < 1.29 is 4.79 Å². The molecule has 1 heterocycles. The van der Waals surface area contributed by atoms with Crippen molar-refractivity contribution in [3.05, 3.63) is 17.0 Å². The molecule has 0 atom stereocenters. The zero-order valence-electron chi connectivity index (χ0n) is 13.8. The van der Waals surface area contributed by atoms with E-state index in [0.29, 0.717) is 6.04 Å². The molecule has 114 valence electrons. The number of hydrogen-bond donors (Lipinski definition) is 2. The third kappa shape index (κ3) is 4.96. The van der Waals surface area contributed by atoms with E-state index in [1.54, 1.807) is 4.68 Å². The number of carbonyl (C=O) groups is 1. The Hall–Kier alpha value is -1.36. The van der Waals surface area contributed by atoms with Crippen molar-refractivity contribution >= 4 is 5.91 Å². The Morgan fingerprint density at radius 3 is 2.40 bits per heavy atom. The predicted octanol–water partition coefficient (Wildman–Crippen LogP) is 1.91. The normalized spacial score (nSPS) is 12.0. The number of nitrogens with zero attached hydrogens (tertiary/aromatic N) is 2. The lowest BCUT2D eigenvalue weighted by molar-refractivity contribution is -0.123. The van der Waals surface area contributed by atoms with Crippen LogP contribution in [0.3, 0.4) is 0 Å². The van der Waals surface area contributed by atoms with Gasteiger partial charge in [-0.05, 0) is 34.6 Å². The van der Waals surface area contributed by atoms with Gasteiger partial charge in [-0.3, -0.25) is 9.48 Å². The van der Waals surface area contributed by atoms with Crippen molar-refractivity contribution in [1.29, 1.82) is 0 Å². The Labute approximate surface area is 122 Å². The molecule has 5 heteroatoms. The standard InChI is InChI=1S/C15H28N4O/c1-10(2)16-8-13-11(3)18-19(12(13)4)9-14(20)17-15(5,6)7/h10,16H,8-9H2,1-7H3,(H,17,20). The highest BCUT2D eigenvalue weighted by Crippen LogP contribution is 2.13. The molecule has 0 saturated carbocycles. The highest BCUT2D eigenvalue weighted by atomic mass is 16.2. The summed E-state index contributed by atoms with van der Waals surface area (Å²) in [5.41, 5.74) is 3.01. The van der Waals surface area contributed by atoms with E-state index in [0.717, 1.165) is 17.9 Å². The summed E-state index contributed by atoms with van der Waals surface area (Å²) in [6, 6.07) is 0.432. The molecule has 0 aliphatic carbocycles. The van der Waals surface area contributed by atoms with Crippen molar-refractivity contribution in [2.45, 2.75) is 73.1 Å². The quantitative estimate of drug-likeness (QED) is 0.866. The van der Waals surface area contributed by atoms with Crippen LogP contribution in [0.2, 0.25) is 0 Å². The maximum atomic E-state index is 12.0. The van der Waals surface area contributed by atoms with Crippen molar-refractivity contribution in [2.24, 2.45) is 0 Å². The lowest BCUT2D eigenvalue weighted by atomic mass is 10.1. The highest BCUT2D eigenvalue weighted by Gasteiger charge is 2.17. The van der Waals surface area contributed by atoms with E-state index >= 15 is 0 Å². The van der Waals surface area contributed by atoms with Gasteiger partial charge >= 0.3 is 0 Å². The number of aromatic nitrogens is 2. The fraction of sp³-hybridized carbons (Fsp3) is 0.733. The van der Waals surface area contributed by atoms with Crippen LogP contribution in [0.15, 0.2) is 0 Å². The van der Waals surface area contributed by atoms with Gasteiger partial charge in [-0.1, -0.05) is 13.8 Å². The Morgan fingerprint density at radius 2 is 1.90 bits per heavy atom. The average Bonchev–Trinajstić information content (AvgIpc) is 2.49. The zero-order valence-corrected chi connectivity index (χ0v) is 13.8. The van der Waals surface area contributed by atoms with Crippen molar-refractivity contribution in [2.75, 3.05) is 0 Å². The van der Waals surface area contributed by atoms with Crippen LogP contribution in [0.4, 0.5) is 0 Å². The molecule has 0 aliphatic heterocycles. The van der Waals surface area contributed by atoms with Gasteiger partial charge in [0.2, 0.25) is 5.91 Å². The summed E-state index contributed by atoms with van der Waals surface area (Å²) < 4.78 is 1.79. The molecule has 0 bridgehead atoms. The molecule has 0 unspecified atom stereocenters. The van der Waals surface area contributed by atoms with E-state index in [-0.39, 0.29) is 18.0 Å². The molecule has 5 nitrogen and oxygen atoms in total. The molecule has 0 aromatic carbocycles. The fourth-order valence-corrected chi connectivity index (χ4v) is 2.04. The molecule has 2 N–H and O–H groups in total. The highest BCUT2D eigenvalue weighted by molar-refractivity contribution is 5.76. The average molecular weight is 280 g/mol. The molecule has 20 heavy (non-hydrogen) atoms. The molecule has 0 fully saturated rings. The first kappa shape index (κ1) is 16.7. The van der Waals surface area contributed by atoms with Gasteiger partial charge in [-0.25, -0.2) is 0 Å². The van der Waals surface area contributed by atoms with Gasteiger partial charge in [0.15, 0.2) is 0 Å². The Balaban J connectivity index is 2.77. The summed E-state index contributed by atoms with van der Waals surface area (Å²) in [5.74, 6) is -0.00790. The Bertz CT molecular complexity index is 469. The van der Waals surface area contributed by atoms with E-state index in [9.17, 15) is 4.79 Å². The van der Waals surface area contributed by atoms with Crippen LogP contribution in [-0.2, 0) is 17.9 Å². The molecule has 0 spiro atoms. The first-order valence-corrected chi connectivity index (χ1v) is 7.17. The molecule has 0 radical (unpaired) electrons. The van der Waals surface area contributed by atoms with Gasteiger partial charge < -0.3 is 10.6 Å². The summed E-state index contributed by atoms with van der Waals surface area (Å²) in [5, 5.41) is 10.8. The number of aryl methyl sites for hydroxylation is 1. The van der Waals surface area contributed by atoms with E-state index in [2.05, 4.69) is 29.6 Å². The third-order valence-corrected chi connectivity index (χ3v) is 3.03. The zero-order chi connectivity index (χ0) is 15.5. The van der Waals surface area contributed by atoms with Crippen LogP contribution in [-0.4, -0.2) is 27.3 Å². The lowest BCUT2D eigenvalue weighted by Crippen LogP contribution is -2.42. The van der Waals surface area contributed by atoms with Crippen LogP contribution in [0, 0.1) is 13.8 Å². The molecule has 0 aliphatic rings. The second kappa shape index (κ2) is 6.39. The molecule has 1 rings (SSSR count). The van der Waals surface area contributed by atoms with Crippen LogP contribution in [0.25, 0.3) is 0 Å². The minimum atomic E-state index is -0.213. The van der Waals surface area contributed by atoms with E-state index in [4.69, 9.17) is 0 Å². The van der Waals surface area contributed by atoms with Gasteiger partial charge in [0.05, 0.1) is 5.69 Å². The van der Waals surface area contributed by atoms with Crippen LogP contribution < -0.4 is 10.6 Å². The summed E-state index contributed by atoms with van der Waals surface area (Å²) in [6.45, 7) is 15.2. The SMILES string of the molecule is Cc1nn(CC(=O)NC(C)(C)C)c(C)c1CNC(C)C. The Morgan fingerprint density at radius 1 is 1.30 bits per heavy atom.